The second-order valence-corrected chi connectivity index (χ2v) is 5.89. The molecule has 0 fully saturated rings. The van der Waals surface area contributed by atoms with E-state index >= 15 is 0 Å². The summed E-state index contributed by atoms with van der Waals surface area (Å²) in [6.07, 6.45) is -0.362. The van der Waals surface area contributed by atoms with E-state index in [2.05, 4.69) is 10.2 Å². The SMILES string of the molecule is CCN(CCOC(=O)CCC(=O)O)c1ccc(/N=N/c2ccc(F)cc2)cc1. The van der Waals surface area contributed by atoms with Gasteiger partial charge in [-0.25, -0.2) is 4.39 Å². The van der Waals surface area contributed by atoms with Crippen LogP contribution in [0.5, 0.6) is 0 Å². The summed E-state index contributed by atoms with van der Waals surface area (Å²) >= 11 is 0. The summed E-state index contributed by atoms with van der Waals surface area (Å²) in [5.41, 5.74) is 2.15. The Kier molecular flexibility index (Phi) is 8.08. The average Bonchev–Trinajstić information content (AvgIpc) is 2.70. The highest BCUT2D eigenvalue weighted by atomic mass is 19.1. The first-order valence-electron chi connectivity index (χ1n) is 8.87. The molecule has 0 aliphatic heterocycles. The van der Waals surface area contributed by atoms with Gasteiger partial charge in [0, 0.05) is 12.2 Å². The van der Waals surface area contributed by atoms with E-state index in [0.717, 1.165) is 5.69 Å². The summed E-state index contributed by atoms with van der Waals surface area (Å²) in [6, 6.07) is 13.1. The molecule has 28 heavy (non-hydrogen) atoms. The minimum atomic E-state index is -1.02. The number of carboxylic acid groups (broad SMARTS) is 1. The minimum absolute atomic E-state index is 0.130. The van der Waals surface area contributed by atoms with Crippen LogP contribution in [0.4, 0.5) is 21.5 Å². The number of halogens is 1. The van der Waals surface area contributed by atoms with Crippen molar-refractivity contribution in [2.45, 2.75) is 19.8 Å². The molecular weight excluding hydrogens is 365 g/mol. The largest absolute Gasteiger partial charge is 0.481 e. The van der Waals surface area contributed by atoms with Gasteiger partial charge in [0.15, 0.2) is 0 Å². The lowest BCUT2D eigenvalue weighted by molar-refractivity contribution is -0.147. The zero-order valence-electron chi connectivity index (χ0n) is 15.5. The average molecular weight is 387 g/mol. The third-order valence-electron chi connectivity index (χ3n) is 3.87. The van der Waals surface area contributed by atoms with Gasteiger partial charge in [-0.05, 0) is 55.5 Å². The molecule has 0 heterocycles. The molecule has 0 saturated carbocycles. The van der Waals surface area contributed by atoms with Crippen molar-refractivity contribution in [3.8, 4) is 0 Å². The van der Waals surface area contributed by atoms with Crippen molar-refractivity contribution in [3.05, 3.63) is 54.3 Å². The van der Waals surface area contributed by atoms with Gasteiger partial charge in [0.25, 0.3) is 0 Å². The Bertz CT molecular complexity index is 807. The molecule has 7 nitrogen and oxygen atoms in total. The van der Waals surface area contributed by atoms with Gasteiger partial charge in [-0.2, -0.15) is 10.2 Å². The number of rotatable bonds is 10. The Morgan fingerprint density at radius 1 is 1.00 bits per heavy atom. The topological polar surface area (TPSA) is 91.6 Å². The van der Waals surface area contributed by atoms with Gasteiger partial charge in [0.2, 0.25) is 0 Å². The van der Waals surface area contributed by atoms with Crippen LogP contribution in [0.25, 0.3) is 0 Å². The molecule has 1 N–H and O–H groups in total. The van der Waals surface area contributed by atoms with E-state index in [1.54, 1.807) is 12.1 Å². The number of hydrogen-bond donors (Lipinski definition) is 1. The predicted molar refractivity (Wildman–Crippen MR) is 103 cm³/mol. The first-order chi connectivity index (χ1) is 13.5. The standard InChI is InChI=1S/C20H22FN3O4/c1-2-24(13-14-28-20(27)12-11-19(25)26)18-9-7-17(8-10-18)23-22-16-5-3-15(21)4-6-16/h3-10H,2,11-14H2,1H3,(H,25,26)/b23-22+. The number of anilines is 1. The van der Waals surface area contributed by atoms with Gasteiger partial charge < -0.3 is 14.7 Å². The smallest absolute Gasteiger partial charge is 0.306 e. The first-order valence-corrected chi connectivity index (χ1v) is 8.87. The van der Waals surface area contributed by atoms with Crippen LogP contribution in [0, 0.1) is 5.82 Å². The van der Waals surface area contributed by atoms with E-state index < -0.39 is 11.9 Å². The van der Waals surface area contributed by atoms with E-state index in [9.17, 15) is 14.0 Å². The van der Waals surface area contributed by atoms with E-state index in [1.165, 1.54) is 12.1 Å². The lowest BCUT2D eigenvalue weighted by Crippen LogP contribution is -2.28. The minimum Gasteiger partial charge on any atom is -0.481 e. The Balaban J connectivity index is 1.86. The molecule has 0 radical (unpaired) electrons. The summed E-state index contributed by atoms with van der Waals surface area (Å²) in [6.45, 7) is 3.36. The fourth-order valence-corrected chi connectivity index (χ4v) is 2.37. The van der Waals surface area contributed by atoms with Crippen molar-refractivity contribution in [3.63, 3.8) is 0 Å². The lowest BCUT2D eigenvalue weighted by atomic mass is 10.2. The monoisotopic (exact) mass is 387 g/mol. The van der Waals surface area contributed by atoms with Crippen LogP contribution in [0.3, 0.4) is 0 Å². The number of aliphatic carboxylic acids is 1. The fraction of sp³-hybridized carbons (Fsp3) is 0.300. The molecule has 0 aromatic heterocycles. The van der Waals surface area contributed by atoms with Gasteiger partial charge in [-0.1, -0.05) is 0 Å². The predicted octanol–water partition coefficient (Wildman–Crippen LogP) is 4.48. The zero-order chi connectivity index (χ0) is 20.4. The van der Waals surface area contributed by atoms with E-state index in [-0.39, 0.29) is 25.3 Å². The van der Waals surface area contributed by atoms with Crippen molar-refractivity contribution in [2.24, 2.45) is 10.2 Å². The second kappa shape index (κ2) is 10.8. The molecule has 0 saturated heterocycles. The van der Waals surface area contributed by atoms with Crippen molar-refractivity contribution in [1.29, 1.82) is 0 Å². The Morgan fingerprint density at radius 3 is 2.11 bits per heavy atom. The summed E-state index contributed by atoms with van der Waals surface area (Å²) in [5, 5.41) is 16.7. The summed E-state index contributed by atoms with van der Waals surface area (Å²) in [5.74, 6) is -1.87. The fourth-order valence-electron chi connectivity index (χ4n) is 2.37. The number of azo groups is 1. The molecule has 0 bridgehead atoms. The number of ether oxygens (including phenoxy) is 1. The molecular formula is C20H22FN3O4. The number of carbonyl (C=O) groups is 2. The summed E-state index contributed by atoms with van der Waals surface area (Å²) in [4.78, 5) is 23.9. The van der Waals surface area contributed by atoms with Gasteiger partial charge >= 0.3 is 11.9 Å². The summed E-state index contributed by atoms with van der Waals surface area (Å²) in [7, 11) is 0. The third kappa shape index (κ3) is 7.14. The molecule has 0 aliphatic rings. The number of esters is 1. The number of likely N-dealkylation sites (N-methyl/N-ethyl adjacent to an activating group) is 1. The van der Waals surface area contributed by atoms with Crippen LogP contribution in [0.2, 0.25) is 0 Å². The Labute approximate surface area is 162 Å². The quantitative estimate of drug-likeness (QED) is 0.479. The molecule has 148 valence electrons. The molecule has 0 unspecified atom stereocenters. The highest BCUT2D eigenvalue weighted by Crippen LogP contribution is 2.22. The second-order valence-electron chi connectivity index (χ2n) is 5.89. The molecule has 0 amide bonds. The van der Waals surface area contributed by atoms with Crippen molar-refractivity contribution in [2.75, 3.05) is 24.6 Å². The normalized spacial score (nSPS) is 10.8. The van der Waals surface area contributed by atoms with Crippen molar-refractivity contribution >= 4 is 29.0 Å². The Morgan fingerprint density at radius 2 is 1.57 bits per heavy atom. The highest BCUT2D eigenvalue weighted by Gasteiger charge is 2.09. The number of benzene rings is 2. The number of carbonyl (C=O) groups excluding carboxylic acids is 1. The molecule has 0 aliphatic carbocycles. The maximum Gasteiger partial charge on any atom is 0.306 e. The maximum absolute atomic E-state index is 12.9. The van der Waals surface area contributed by atoms with Crippen molar-refractivity contribution in [1.82, 2.24) is 0 Å². The molecule has 0 atom stereocenters. The van der Waals surface area contributed by atoms with Crippen LogP contribution >= 0.6 is 0 Å². The Hall–Kier alpha value is -3.29. The van der Waals surface area contributed by atoms with Crippen LogP contribution in [0.15, 0.2) is 58.8 Å². The van der Waals surface area contributed by atoms with E-state index in [4.69, 9.17) is 9.84 Å². The van der Waals surface area contributed by atoms with E-state index in [1.807, 2.05) is 36.1 Å². The molecule has 2 rings (SSSR count). The van der Waals surface area contributed by atoms with Gasteiger partial charge in [-0.3, -0.25) is 9.59 Å². The summed E-state index contributed by atoms with van der Waals surface area (Å²) < 4.78 is 17.9. The number of hydrogen-bond acceptors (Lipinski definition) is 6. The number of carboxylic acids is 1. The van der Waals surface area contributed by atoms with Gasteiger partial charge in [-0.15, -0.1) is 0 Å². The number of nitrogens with zero attached hydrogens (tertiary/aromatic N) is 3. The molecule has 2 aromatic carbocycles. The lowest BCUT2D eigenvalue weighted by Gasteiger charge is -2.22. The van der Waals surface area contributed by atoms with Crippen LogP contribution < -0.4 is 4.90 Å². The zero-order valence-corrected chi connectivity index (χ0v) is 15.5. The molecule has 0 spiro atoms. The van der Waals surface area contributed by atoms with Gasteiger partial charge in [0.1, 0.15) is 12.4 Å². The highest BCUT2D eigenvalue weighted by molar-refractivity contribution is 5.76. The van der Waals surface area contributed by atoms with Crippen molar-refractivity contribution < 1.29 is 23.8 Å². The molecule has 8 heteroatoms. The molecule has 2 aromatic rings. The van der Waals surface area contributed by atoms with Crippen LogP contribution in [-0.4, -0.2) is 36.7 Å². The maximum atomic E-state index is 12.9. The van der Waals surface area contributed by atoms with Crippen LogP contribution in [0.1, 0.15) is 19.8 Å². The van der Waals surface area contributed by atoms with Gasteiger partial charge in [0.05, 0.1) is 30.8 Å². The van der Waals surface area contributed by atoms with Crippen LogP contribution in [-0.2, 0) is 14.3 Å². The van der Waals surface area contributed by atoms with E-state index in [0.29, 0.717) is 24.5 Å². The third-order valence-corrected chi connectivity index (χ3v) is 3.87. The first kappa shape index (κ1) is 21.0.